The van der Waals surface area contributed by atoms with Crippen molar-refractivity contribution in [1.29, 1.82) is 5.26 Å². The molecule has 0 aromatic heterocycles. The maximum Gasteiger partial charge on any atom is 0.335 e. The summed E-state index contributed by atoms with van der Waals surface area (Å²) < 4.78 is 0. The van der Waals surface area contributed by atoms with E-state index in [0.717, 1.165) is 11.3 Å². The highest BCUT2D eigenvalue weighted by molar-refractivity contribution is 6.30. The second kappa shape index (κ2) is 6.29. The van der Waals surface area contributed by atoms with Crippen LogP contribution >= 0.6 is 11.6 Å². The van der Waals surface area contributed by atoms with Crippen LogP contribution in [0.3, 0.4) is 0 Å². The van der Waals surface area contributed by atoms with Crippen molar-refractivity contribution in [3.8, 4) is 6.07 Å². The molecule has 0 spiro atoms. The standard InChI is InChI=1S/C16H13ClN2O2/c1-19(15-7-6-14(17)8-13(15)9-18)10-11-2-4-12(5-3-11)16(20)21/h2-8H,10H2,1H3,(H,20,21). The van der Waals surface area contributed by atoms with E-state index in [2.05, 4.69) is 6.07 Å². The first-order chi connectivity index (χ1) is 10.0. The molecule has 0 heterocycles. The molecule has 1 N–H and O–H groups in total. The predicted molar refractivity (Wildman–Crippen MR) is 81.7 cm³/mol. The van der Waals surface area contributed by atoms with Crippen molar-refractivity contribution >= 4 is 23.3 Å². The van der Waals surface area contributed by atoms with E-state index in [4.69, 9.17) is 22.0 Å². The molecule has 2 aromatic rings. The molecule has 2 rings (SSSR count). The zero-order chi connectivity index (χ0) is 15.4. The largest absolute Gasteiger partial charge is 0.478 e. The maximum absolute atomic E-state index is 10.8. The topological polar surface area (TPSA) is 64.3 Å². The number of rotatable bonds is 4. The summed E-state index contributed by atoms with van der Waals surface area (Å²) in [7, 11) is 1.87. The molecule has 0 saturated heterocycles. The fourth-order valence-electron chi connectivity index (χ4n) is 2.04. The molecule has 5 heteroatoms. The zero-order valence-electron chi connectivity index (χ0n) is 11.4. The van der Waals surface area contributed by atoms with Crippen molar-refractivity contribution in [2.24, 2.45) is 0 Å². The second-order valence-electron chi connectivity index (χ2n) is 4.63. The lowest BCUT2D eigenvalue weighted by Gasteiger charge is -2.20. The molecule has 0 amide bonds. The van der Waals surface area contributed by atoms with Gasteiger partial charge in [0, 0.05) is 18.6 Å². The third kappa shape index (κ3) is 3.53. The highest BCUT2D eigenvalue weighted by atomic mass is 35.5. The molecule has 0 fully saturated rings. The molecule has 0 aliphatic rings. The van der Waals surface area contributed by atoms with E-state index >= 15 is 0 Å². The van der Waals surface area contributed by atoms with Gasteiger partial charge in [0.15, 0.2) is 0 Å². The SMILES string of the molecule is CN(Cc1ccc(C(=O)O)cc1)c1ccc(Cl)cc1C#N. The van der Waals surface area contributed by atoms with E-state index in [-0.39, 0.29) is 5.56 Å². The first-order valence-electron chi connectivity index (χ1n) is 6.24. The lowest BCUT2D eigenvalue weighted by molar-refractivity contribution is 0.0697. The minimum absolute atomic E-state index is 0.255. The number of carboxylic acid groups (broad SMARTS) is 1. The highest BCUT2D eigenvalue weighted by Crippen LogP contribution is 2.24. The van der Waals surface area contributed by atoms with Crippen molar-refractivity contribution in [1.82, 2.24) is 0 Å². The van der Waals surface area contributed by atoms with Gasteiger partial charge < -0.3 is 10.0 Å². The average Bonchev–Trinajstić information content (AvgIpc) is 2.47. The Balaban J connectivity index is 2.20. The van der Waals surface area contributed by atoms with Crippen LogP contribution in [-0.4, -0.2) is 18.1 Å². The van der Waals surface area contributed by atoms with Crippen LogP contribution in [0.15, 0.2) is 42.5 Å². The van der Waals surface area contributed by atoms with Crippen molar-refractivity contribution < 1.29 is 9.90 Å². The van der Waals surface area contributed by atoms with Crippen molar-refractivity contribution in [3.63, 3.8) is 0 Å². The van der Waals surface area contributed by atoms with Gasteiger partial charge in [-0.05, 0) is 35.9 Å². The van der Waals surface area contributed by atoms with Crippen molar-refractivity contribution in [3.05, 3.63) is 64.2 Å². The first-order valence-corrected chi connectivity index (χ1v) is 6.62. The van der Waals surface area contributed by atoms with Gasteiger partial charge in [-0.25, -0.2) is 4.79 Å². The van der Waals surface area contributed by atoms with Crippen LogP contribution in [0.5, 0.6) is 0 Å². The lowest BCUT2D eigenvalue weighted by Crippen LogP contribution is -2.17. The second-order valence-corrected chi connectivity index (χ2v) is 5.07. The van der Waals surface area contributed by atoms with Crippen molar-refractivity contribution in [2.45, 2.75) is 6.54 Å². The summed E-state index contributed by atoms with van der Waals surface area (Å²) in [6.07, 6.45) is 0. The molecule has 21 heavy (non-hydrogen) atoms. The Morgan fingerprint density at radius 3 is 2.52 bits per heavy atom. The summed E-state index contributed by atoms with van der Waals surface area (Å²) in [5, 5.41) is 18.5. The van der Waals surface area contributed by atoms with Crippen molar-refractivity contribution in [2.75, 3.05) is 11.9 Å². The third-order valence-corrected chi connectivity index (χ3v) is 3.35. The van der Waals surface area contributed by atoms with Crippen LogP contribution in [0, 0.1) is 11.3 Å². The molecule has 0 saturated carbocycles. The fraction of sp³-hybridized carbons (Fsp3) is 0.125. The Morgan fingerprint density at radius 1 is 1.29 bits per heavy atom. The number of aromatic carboxylic acids is 1. The molecule has 0 aliphatic heterocycles. The Morgan fingerprint density at radius 2 is 1.95 bits per heavy atom. The normalized spacial score (nSPS) is 9.95. The minimum Gasteiger partial charge on any atom is -0.478 e. The Bertz CT molecular complexity index is 705. The van der Waals surface area contributed by atoms with Crippen LogP contribution in [0.25, 0.3) is 0 Å². The van der Waals surface area contributed by atoms with E-state index in [0.29, 0.717) is 17.1 Å². The van der Waals surface area contributed by atoms with Crippen LogP contribution in [-0.2, 0) is 6.54 Å². The first kappa shape index (κ1) is 14.9. The molecule has 0 bridgehead atoms. The number of carboxylic acids is 1. The van der Waals surface area contributed by atoms with Crippen LogP contribution in [0.4, 0.5) is 5.69 Å². The van der Waals surface area contributed by atoms with Crippen LogP contribution in [0.1, 0.15) is 21.5 Å². The molecule has 106 valence electrons. The van der Waals surface area contributed by atoms with Gasteiger partial charge in [0.25, 0.3) is 0 Å². The average molecular weight is 301 g/mol. The Labute approximate surface area is 127 Å². The van der Waals surface area contributed by atoms with Gasteiger partial charge in [-0.1, -0.05) is 23.7 Å². The molecule has 0 aliphatic carbocycles. The van der Waals surface area contributed by atoms with Gasteiger partial charge in [-0.3, -0.25) is 0 Å². The number of hydrogen-bond acceptors (Lipinski definition) is 3. The molecular formula is C16H13ClN2O2. The van der Waals surface area contributed by atoms with Gasteiger partial charge >= 0.3 is 5.97 Å². The predicted octanol–water partition coefficient (Wildman–Crippen LogP) is 3.55. The van der Waals surface area contributed by atoms with E-state index < -0.39 is 5.97 Å². The number of nitrogens with zero attached hydrogens (tertiary/aromatic N) is 2. The molecule has 0 unspecified atom stereocenters. The number of benzene rings is 2. The van der Waals surface area contributed by atoms with E-state index in [1.807, 2.05) is 11.9 Å². The fourth-order valence-corrected chi connectivity index (χ4v) is 2.21. The van der Waals surface area contributed by atoms with Crippen LogP contribution < -0.4 is 4.90 Å². The summed E-state index contributed by atoms with van der Waals surface area (Å²) in [5.41, 5.74) is 2.50. The molecule has 0 atom stereocenters. The van der Waals surface area contributed by atoms with E-state index in [9.17, 15) is 4.79 Å². The minimum atomic E-state index is -0.945. The summed E-state index contributed by atoms with van der Waals surface area (Å²) in [6, 6.07) is 14.0. The maximum atomic E-state index is 10.8. The van der Waals surface area contributed by atoms with Gasteiger partial charge in [0.2, 0.25) is 0 Å². The Kier molecular flexibility index (Phi) is 4.46. The Hall–Kier alpha value is -2.51. The zero-order valence-corrected chi connectivity index (χ0v) is 12.1. The number of hydrogen-bond donors (Lipinski definition) is 1. The third-order valence-electron chi connectivity index (χ3n) is 3.11. The number of halogens is 1. The number of carbonyl (C=O) groups is 1. The van der Waals surface area contributed by atoms with Gasteiger partial charge in [-0.2, -0.15) is 5.26 Å². The lowest BCUT2D eigenvalue weighted by atomic mass is 10.1. The van der Waals surface area contributed by atoms with Gasteiger partial charge in [-0.15, -0.1) is 0 Å². The smallest absolute Gasteiger partial charge is 0.335 e. The molecular weight excluding hydrogens is 288 g/mol. The molecule has 4 nitrogen and oxygen atoms in total. The quantitative estimate of drug-likeness (QED) is 0.938. The van der Waals surface area contributed by atoms with E-state index in [1.54, 1.807) is 42.5 Å². The summed E-state index contributed by atoms with van der Waals surface area (Å²) in [5.74, 6) is -0.945. The van der Waals surface area contributed by atoms with Crippen LogP contribution in [0.2, 0.25) is 5.02 Å². The summed E-state index contributed by atoms with van der Waals surface area (Å²) in [4.78, 5) is 12.7. The molecule has 2 aromatic carbocycles. The number of anilines is 1. The van der Waals surface area contributed by atoms with Gasteiger partial charge in [0.1, 0.15) is 6.07 Å². The highest BCUT2D eigenvalue weighted by Gasteiger charge is 2.09. The summed E-state index contributed by atoms with van der Waals surface area (Å²) in [6.45, 7) is 0.566. The monoisotopic (exact) mass is 300 g/mol. The number of nitriles is 1. The van der Waals surface area contributed by atoms with Gasteiger partial charge in [0.05, 0.1) is 16.8 Å². The summed E-state index contributed by atoms with van der Waals surface area (Å²) >= 11 is 5.88. The van der Waals surface area contributed by atoms with E-state index in [1.165, 1.54) is 0 Å². The molecule has 0 radical (unpaired) electrons.